The SMILES string of the molecule is COC(=O)C=C(C(=O)OC)C(=NC(C)(C)C)n1c2ccccc2c2ccccc21. The Balaban J connectivity index is 2.46. The van der Waals surface area contributed by atoms with Crippen molar-refractivity contribution >= 4 is 39.6 Å². The van der Waals surface area contributed by atoms with Crippen LogP contribution in [0.15, 0.2) is 65.2 Å². The van der Waals surface area contributed by atoms with Crippen LogP contribution in [0.5, 0.6) is 0 Å². The second-order valence-corrected chi connectivity index (χ2v) is 7.55. The number of ether oxygens (including phenoxy) is 2. The van der Waals surface area contributed by atoms with Crippen LogP contribution in [0.2, 0.25) is 0 Å². The van der Waals surface area contributed by atoms with Gasteiger partial charge in [-0.05, 0) is 32.9 Å². The Morgan fingerprint density at radius 3 is 1.86 bits per heavy atom. The molecule has 0 aliphatic heterocycles. The average molecular weight is 392 g/mol. The minimum absolute atomic E-state index is 0.0285. The summed E-state index contributed by atoms with van der Waals surface area (Å²) < 4.78 is 11.6. The Kier molecular flexibility index (Phi) is 5.55. The normalized spacial score (nSPS) is 13.0. The smallest absolute Gasteiger partial charge is 0.341 e. The van der Waals surface area contributed by atoms with Crippen LogP contribution in [0.1, 0.15) is 20.8 Å². The zero-order chi connectivity index (χ0) is 21.2. The van der Waals surface area contributed by atoms with Gasteiger partial charge in [0.25, 0.3) is 0 Å². The highest BCUT2D eigenvalue weighted by Gasteiger charge is 2.26. The van der Waals surface area contributed by atoms with E-state index in [0.29, 0.717) is 5.84 Å². The summed E-state index contributed by atoms with van der Waals surface area (Å²) in [4.78, 5) is 29.5. The number of hydrogen-bond acceptors (Lipinski definition) is 5. The molecule has 0 fully saturated rings. The Morgan fingerprint density at radius 1 is 0.897 bits per heavy atom. The van der Waals surface area contributed by atoms with E-state index < -0.39 is 17.5 Å². The number of nitrogens with zero attached hydrogens (tertiary/aromatic N) is 2. The van der Waals surface area contributed by atoms with Gasteiger partial charge in [0.2, 0.25) is 0 Å². The lowest BCUT2D eigenvalue weighted by Crippen LogP contribution is -2.27. The first-order chi connectivity index (χ1) is 13.8. The largest absolute Gasteiger partial charge is 0.466 e. The zero-order valence-corrected chi connectivity index (χ0v) is 17.2. The maximum Gasteiger partial charge on any atom is 0.341 e. The molecule has 0 spiro atoms. The van der Waals surface area contributed by atoms with E-state index in [1.165, 1.54) is 14.2 Å². The third-order valence-electron chi connectivity index (χ3n) is 4.34. The third-order valence-corrected chi connectivity index (χ3v) is 4.34. The molecule has 0 aliphatic rings. The fraction of sp³-hybridized carbons (Fsp3) is 0.261. The van der Waals surface area contributed by atoms with E-state index in [9.17, 15) is 9.59 Å². The number of methoxy groups -OCH3 is 2. The van der Waals surface area contributed by atoms with Crippen molar-refractivity contribution in [3.05, 3.63) is 60.2 Å². The molecule has 0 N–H and O–H groups in total. The van der Waals surface area contributed by atoms with Crippen LogP contribution in [-0.2, 0) is 19.1 Å². The van der Waals surface area contributed by atoms with Crippen LogP contribution in [0, 0.1) is 0 Å². The van der Waals surface area contributed by atoms with Crippen molar-refractivity contribution in [2.45, 2.75) is 26.3 Å². The molecule has 0 saturated heterocycles. The summed E-state index contributed by atoms with van der Waals surface area (Å²) in [6.07, 6.45) is 1.12. The van der Waals surface area contributed by atoms with Gasteiger partial charge in [-0.25, -0.2) is 9.59 Å². The molecule has 1 heterocycles. The minimum Gasteiger partial charge on any atom is -0.466 e. The number of para-hydroxylation sites is 2. The fourth-order valence-corrected chi connectivity index (χ4v) is 3.20. The molecule has 1 aromatic heterocycles. The van der Waals surface area contributed by atoms with Crippen molar-refractivity contribution in [2.75, 3.05) is 14.2 Å². The first-order valence-electron chi connectivity index (χ1n) is 9.23. The van der Waals surface area contributed by atoms with Crippen molar-refractivity contribution in [3.63, 3.8) is 0 Å². The van der Waals surface area contributed by atoms with Crippen LogP contribution in [0.25, 0.3) is 21.8 Å². The molecule has 150 valence electrons. The zero-order valence-electron chi connectivity index (χ0n) is 17.2. The number of carbonyl (C=O) groups is 2. The number of benzene rings is 2. The van der Waals surface area contributed by atoms with Crippen LogP contribution in [0.3, 0.4) is 0 Å². The van der Waals surface area contributed by atoms with Gasteiger partial charge in [-0.2, -0.15) is 0 Å². The molecule has 6 nitrogen and oxygen atoms in total. The standard InChI is InChI=1S/C23H24N2O4/c1-23(2,3)24-21(17(22(27)29-5)14-20(26)28-4)25-18-12-8-6-10-15(18)16-11-7-9-13-19(16)25/h6-14H,1-5H3. The monoisotopic (exact) mass is 392 g/mol. The van der Waals surface area contributed by atoms with E-state index >= 15 is 0 Å². The molecule has 0 aliphatic carbocycles. The summed E-state index contributed by atoms with van der Waals surface area (Å²) in [5.74, 6) is -1.000. The quantitative estimate of drug-likeness (QED) is 0.291. The highest BCUT2D eigenvalue weighted by molar-refractivity contribution is 6.27. The number of rotatable bonds is 3. The average Bonchev–Trinajstić information content (AvgIpc) is 3.03. The minimum atomic E-state index is -0.666. The Bertz CT molecular complexity index is 1090. The van der Waals surface area contributed by atoms with E-state index in [1.807, 2.05) is 73.9 Å². The van der Waals surface area contributed by atoms with Crippen molar-refractivity contribution in [1.29, 1.82) is 0 Å². The van der Waals surface area contributed by atoms with Crippen molar-refractivity contribution in [3.8, 4) is 0 Å². The van der Waals surface area contributed by atoms with Gasteiger partial charge in [-0.3, -0.25) is 9.56 Å². The number of hydrogen-bond donors (Lipinski definition) is 0. The summed E-state index contributed by atoms with van der Waals surface area (Å²) in [6, 6.07) is 15.7. The van der Waals surface area contributed by atoms with E-state index in [1.54, 1.807) is 0 Å². The van der Waals surface area contributed by atoms with Crippen molar-refractivity contribution in [1.82, 2.24) is 4.57 Å². The van der Waals surface area contributed by atoms with Crippen molar-refractivity contribution < 1.29 is 19.1 Å². The molecule has 2 aromatic carbocycles. The molecule has 0 amide bonds. The lowest BCUT2D eigenvalue weighted by molar-refractivity contribution is -0.138. The molecule has 3 rings (SSSR count). The van der Waals surface area contributed by atoms with E-state index in [4.69, 9.17) is 14.5 Å². The molecule has 0 radical (unpaired) electrons. The molecule has 6 heteroatoms. The topological polar surface area (TPSA) is 69.9 Å². The van der Waals surface area contributed by atoms with Gasteiger partial charge >= 0.3 is 11.9 Å². The van der Waals surface area contributed by atoms with E-state index in [0.717, 1.165) is 27.9 Å². The Hall–Kier alpha value is -3.41. The summed E-state index contributed by atoms with van der Waals surface area (Å²) in [6.45, 7) is 5.77. The molecule has 29 heavy (non-hydrogen) atoms. The van der Waals surface area contributed by atoms with Gasteiger partial charge in [0.1, 0.15) is 11.4 Å². The predicted molar refractivity (Wildman–Crippen MR) is 114 cm³/mol. The van der Waals surface area contributed by atoms with Gasteiger partial charge in [-0.1, -0.05) is 36.4 Å². The van der Waals surface area contributed by atoms with Crippen LogP contribution < -0.4 is 0 Å². The highest BCUT2D eigenvalue weighted by Crippen LogP contribution is 2.30. The van der Waals surface area contributed by atoms with E-state index in [2.05, 4.69) is 0 Å². The maximum atomic E-state index is 12.7. The van der Waals surface area contributed by atoms with Gasteiger partial charge in [0.05, 0.1) is 30.8 Å². The lowest BCUT2D eigenvalue weighted by atomic mass is 10.1. The molecular formula is C23H24N2O4. The molecule has 0 bridgehead atoms. The molecule has 0 saturated carbocycles. The molecule has 3 aromatic rings. The first-order valence-corrected chi connectivity index (χ1v) is 9.23. The third kappa shape index (κ3) is 4.06. The van der Waals surface area contributed by atoms with Gasteiger partial charge in [0, 0.05) is 16.8 Å². The summed E-state index contributed by atoms with van der Waals surface area (Å²) in [5.41, 5.74) is 1.25. The summed E-state index contributed by atoms with van der Waals surface area (Å²) in [7, 11) is 2.53. The Labute approximate surface area is 169 Å². The van der Waals surface area contributed by atoms with Crippen LogP contribution in [0.4, 0.5) is 0 Å². The second kappa shape index (κ2) is 7.91. The van der Waals surface area contributed by atoms with Crippen LogP contribution in [-0.4, -0.2) is 42.1 Å². The number of aliphatic imine (C=N–C) groups is 1. The van der Waals surface area contributed by atoms with Crippen molar-refractivity contribution in [2.24, 2.45) is 4.99 Å². The molecule has 0 unspecified atom stereocenters. The maximum absolute atomic E-state index is 12.7. The number of esters is 2. The number of aromatic nitrogens is 1. The van der Waals surface area contributed by atoms with Gasteiger partial charge in [-0.15, -0.1) is 0 Å². The number of carbonyl (C=O) groups excluding carboxylic acids is 2. The summed E-state index contributed by atoms with van der Waals surface area (Å²) in [5, 5.41) is 2.04. The predicted octanol–water partition coefficient (Wildman–Crippen LogP) is 4.11. The summed E-state index contributed by atoms with van der Waals surface area (Å²) >= 11 is 0. The number of fused-ring (bicyclic) bond motifs is 3. The Morgan fingerprint density at radius 2 is 1.41 bits per heavy atom. The van der Waals surface area contributed by atoms with Gasteiger partial charge < -0.3 is 9.47 Å². The molecular weight excluding hydrogens is 368 g/mol. The lowest BCUT2D eigenvalue weighted by Gasteiger charge is -2.19. The molecule has 0 atom stereocenters. The van der Waals surface area contributed by atoms with E-state index in [-0.39, 0.29) is 5.57 Å². The van der Waals surface area contributed by atoms with Crippen LogP contribution >= 0.6 is 0 Å². The highest BCUT2D eigenvalue weighted by atomic mass is 16.5. The first kappa shape index (κ1) is 20.3. The fourth-order valence-electron chi connectivity index (χ4n) is 3.20. The van der Waals surface area contributed by atoms with Gasteiger partial charge in [0.15, 0.2) is 0 Å². The second-order valence-electron chi connectivity index (χ2n) is 7.55.